The lowest BCUT2D eigenvalue weighted by Crippen LogP contribution is -2.37. The summed E-state index contributed by atoms with van der Waals surface area (Å²) in [5.41, 5.74) is 2.36. The van der Waals surface area contributed by atoms with E-state index in [4.69, 9.17) is 26.1 Å². The lowest BCUT2D eigenvalue weighted by molar-refractivity contribution is -0.121. The van der Waals surface area contributed by atoms with Crippen LogP contribution in [0.1, 0.15) is 11.3 Å². The number of ether oxygens (including phenoxy) is 2. The van der Waals surface area contributed by atoms with Gasteiger partial charge in [-0.2, -0.15) is 0 Å². The third-order valence-corrected chi connectivity index (χ3v) is 4.36. The van der Waals surface area contributed by atoms with Crippen LogP contribution in [0, 0.1) is 6.92 Å². The van der Waals surface area contributed by atoms with Gasteiger partial charge in [0.25, 0.3) is 5.91 Å². The van der Waals surface area contributed by atoms with Crippen LogP contribution in [0.5, 0.6) is 11.5 Å². The van der Waals surface area contributed by atoms with Gasteiger partial charge in [0, 0.05) is 5.69 Å². The lowest BCUT2D eigenvalue weighted by atomic mass is 10.1. The number of benzene rings is 2. The van der Waals surface area contributed by atoms with Gasteiger partial charge in [0.2, 0.25) is 0 Å². The maximum Gasteiger partial charge on any atom is 0.264 e. The summed E-state index contributed by atoms with van der Waals surface area (Å²) in [5, 5.41) is 14.9. The molecule has 1 heterocycles. The van der Waals surface area contributed by atoms with Gasteiger partial charge < -0.3 is 24.3 Å². The number of thiocarbonyl (C=S) groups is 1. The molecule has 0 fully saturated rings. The van der Waals surface area contributed by atoms with E-state index in [0.717, 1.165) is 5.56 Å². The van der Waals surface area contributed by atoms with Gasteiger partial charge in [0.05, 0.1) is 12.7 Å². The molecular formula is C22H22N2O5S. The van der Waals surface area contributed by atoms with E-state index in [1.807, 2.05) is 25.1 Å². The van der Waals surface area contributed by atoms with Crippen molar-refractivity contribution in [2.45, 2.75) is 13.5 Å². The van der Waals surface area contributed by atoms with Crippen molar-refractivity contribution in [2.75, 3.05) is 19.0 Å². The van der Waals surface area contributed by atoms with Gasteiger partial charge in [-0.3, -0.25) is 10.1 Å². The SMILES string of the molecule is COc1ccc(NC(=S)NC(=O)COc2cccc(C)c2)cc1-c1ccc(CO)o1. The van der Waals surface area contributed by atoms with Crippen LogP contribution in [0.25, 0.3) is 11.3 Å². The van der Waals surface area contributed by atoms with Crippen molar-refractivity contribution in [3.8, 4) is 22.8 Å². The van der Waals surface area contributed by atoms with Crippen molar-refractivity contribution in [1.82, 2.24) is 5.32 Å². The molecule has 8 heteroatoms. The molecule has 0 spiro atoms. The van der Waals surface area contributed by atoms with Crippen LogP contribution >= 0.6 is 12.2 Å². The van der Waals surface area contributed by atoms with Gasteiger partial charge >= 0.3 is 0 Å². The molecule has 7 nitrogen and oxygen atoms in total. The fourth-order valence-electron chi connectivity index (χ4n) is 2.77. The molecular weight excluding hydrogens is 404 g/mol. The molecule has 3 N–H and O–H groups in total. The zero-order valence-electron chi connectivity index (χ0n) is 16.6. The van der Waals surface area contributed by atoms with Gasteiger partial charge in [-0.25, -0.2) is 0 Å². The Morgan fingerprint density at radius 1 is 1.17 bits per heavy atom. The highest BCUT2D eigenvalue weighted by atomic mass is 32.1. The number of hydrogen-bond donors (Lipinski definition) is 3. The van der Waals surface area contributed by atoms with E-state index in [1.165, 1.54) is 0 Å². The number of aryl methyl sites for hydroxylation is 1. The Balaban J connectivity index is 1.61. The van der Waals surface area contributed by atoms with Crippen LogP contribution in [0.4, 0.5) is 5.69 Å². The highest BCUT2D eigenvalue weighted by Gasteiger charge is 2.13. The minimum absolute atomic E-state index is 0.138. The maximum absolute atomic E-state index is 12.1. The molecule has 1 aromatic heterocycles. The van der Waals surface area contributed by atoms with Crippen molar-refractivity contribution in [3.05, 3.63) is 65.9 Å². The van der Waals surface area contributed by atoms with Gasteiger partial charge in [-0.05, 0) is 67.2 Å². The number of amides is 1. The monoisotopic (exact) mass is 426 g/mol. The largest absolute Gasteiger partial charge is 0.496 e. The fraction of sp³-hybridized carbons (Fsp3) is 0.182. The standard InChI is InChI=1S/C22H22N2O5S/c1-14-4-3-5-16(10-14)28-13-21(26)24-22(30)23-15-6-8-19(27-2)18(11-15)20-9-7-17(12-25)29-20/h3-11,25H,12-13H2,1-2H3,(H2,23,24,26,30). The summed E-state index contributed by atoms with van der Waals surface area (Å²) in [6.07, 6.45) is 0. The van der Waals surface area contributed by atoms with E-state index in [9.17, 15) is 9.90 Å². The average molecular weight is 426 g/mol. The second-order valence-electron chi connectivity index (χ2n) is 6.45. The summed E-state index contributed by atoms with van der Waals surface area (Å²) >= 11 is 5.22. The number of aliphatic hydroxyl groups is 1. The highest BCUT2D eigenvalue weighted by Crippen LogP contribution is 2.33. The summed E-state index contributed by atoms with van der Waals surface area (Å²) in [5.74, 6) is 1.83. The summed E-state index contributed by atoms with van der Waals surface area (Å²) in [7, 11) is 1.56. The number of nitrogens with one attached hydrogen (secondary N) is 2. The predicted molar refractivity (Wildman–Crippen MR) is 118 cm³/mol. The van der Waals surface area contributed by atoms with Gasteiger partial charge in [-0.1, -0.05) is 12.1 Å². The van der Waals surface area contributed by atoms with Crippen LogP contribution in [-0.2, 0) is 11.4 Å². The number of methoxy groups -OCH3 is 1. The molecule has 1 amide bonds. The summed E-state index contributed by atoms with van der Waals surface area (Å²) in [6, 6.07) is 16.2. The van der Waals surface area contributed by atoms with Gasteiger partial charge in [0.15, 0.2) is 11.7 Å². The van der Waals surface area contributed by atoms with Crippen molar-refractivity contribution >= 4 is 28.9 Å². The van der Waals surface area contributed by atoms with Crippen molar-refractivity contribution in [2.24, 2.45) is 0 Å². The third kappa shape index (κ3) is 5.59. The predicted octanol–water partition coefficient (Wildman–Crippen LogP) is 3.65. The quantitative estimate of drug-likeness (QED) is 0.497. The molecule has 0 unspecified atom stereocenters. The number of anilines is 1. The van der Waals surface area contributed by atoms with E-state index in [-0.39, 0.29) is 24.2 Å². The first-order valence-corrected chi connectivity index (χ1v) is 9.57. The zero-order chi connectivity index (χ0) is 21.5. The molecule has 3 aromatic rings. The second kappa shape index (κ2) is 9.91. The lowest BCUT2D eigenvalue weighted by Gasteiger charge is -2.13. The summed E-state index contributed by atoms with van der Waals surface area (Å²) in [6.45, 7) is 1.60. The average Bonchev–Trinajstić information content (AvgIpc) is 3.21. The minimum Gasteiger partial charge on any atom is -0.496 e. The molecule has 156 valence electrons. The highest BCUT2D eigenvalue weighted by molar-refractivity contribution is 7.80. The first kappa shape index (κ1) is 21.4. The molecule has 0 atom stereocenters. The Morgan fingerprint density at radius 3 is 2.70 bits per heavy atom. The molecule has 0 aliphatic rings. The molecule has 0 aliphatic heterocycles. The van der Waals surface area contributed by atoms with Gasteiger partial charge in [-0.15, -0.1) is 0 Å². The topological polar surface area (TPSA) is 93.0 Å². The van der Waals surface area contributed by atoms with Crippen molar-refractivity contribution in [3.63, 3.8) is 0 Å². The van der Waals surface area contributed by atoms with E-state index in [2.05, 4.69) is 10.6 Å². The Labute approximate surface area is 179 Å². The number of hydrogen-bond acceptors (Lipinski definition) is 6. The normalized spacial score (nSPS) is 10.4. The van der Waals surface area contributed by atoms with Crippen molar-refractivity contribution < 1.29 is 23.8 Å². The molecule has 0 radical (unpaired) electrons. The number of carbonyl (C=O) groups excluding carboxylic acids is 1. The Kier molecular flexibility index (Phi) is 7.05. The smallest absolute Gasteiger partial charge is 0.264 e. The Hall–Kier alpha value is -3.36. The van der Waals surface area contributed by atoms with Crippen molar-refractivity contribution in [1.29, 1.82) is 0 Å². The molecule has 3 rings (SSSR count). The zero-order valence-corrected chi connectivity index (χ0v) is 17.4. The minimum atomic E-state index is -0.374. The Bertz CT molecular complexity index is 1050. The maximum atomic E-state index is 12.1. The Morgan fingerprint density at radius 2 is 2.00 bits per heavy atom. The fourth-order valence-corrected chi connectivity index (χ4v) is 3.00. The van der Waals surface area contributed by atoms with E-state index in [1.54, 1.807) is 43.5 Å². The van der Waals surface area contributed by atoms with E-state index in [0.29, 0.717) is 34.3 Å². The summed E-state index contributed by atoms with van der Waals surface area (Å²) < 4.78 is 16.4. The molecule has 0 saturated carbocycles. The van der Waals surface area contributed by atoms with Crippen LogP contribution < -0.4 is 20.1 Å². The number of aliphatic hydroxyl groups excluding tert-OH is 1. The van der Waals surface area contributed by atoms with Crippen LogP contribution in [0.2, 0.25) is 0 Å². The molecule has 0 saturated heterocycles. The molecule has 0 bridgehead atoms. The first-order chi connectivity index (χ1) is 14.5. The van der Waals surface area contributed by atoms with Crippen LogP contribution in [-0.4, -0.2) is 29.8 Å². The third-order valence-electron chi connectivity index (χ3n) is 4.15. The van der Waals surface area contributed by atoms with Crippen LogP contribution in [0.3, 0.4) is 0 Å². The number of rotatable bonds is 7. The number of carbonyl (C=O) groups is 1. The second-order valence-corrected chi connectivity index (χ2v) is 6.85. The first-order valence-electron chi connectivity index (χ1n) is 9.17. The van der Waals surface area contributed by atoms with E-state index >= 15 is 0 Å². The van der Waals surface area contributed by atoms with E-state index < -0.39 is 0 Å². The summed E-state index contributed by atoms with van der Waals surface area (Å²) in [4.78, 5) is 12.1. The molecule has 0 aliphatic carbocycles. The van der Waals surface area contributed by atoms with Crippen LogP contribution in [0.15, 0.2) is 59.0 Å². The van der Waals surface area contributed by atoms with Gasteiger partial charge in [0.1, 0.15) is 29.6 Å². The molecule has 2 aromatic carbocycles. The molecule has 30 heavy (non-hydrogen) atoms. The number of furan rings is 1.